The van der Waals surface area contributed by atoms with Crippen LogP contribution in [-0.4, -0.2) is 25.2 Å². The van der Waals surface area contributed by atoms with E-state index in [-0.39, 0.29) is 13.2 Å². The molecule has 0 bridgehead atoms. The number of fused-ring (bicyclic) bond motifs is 1. The molecular weight excluding hydrogens is 352 g/mol. The molecule has 0 radical (unpaired) electrons. The van der Waals surface area contributed by atoms with Crippen LogP contribution < -0.4 is 0 Å². The highest BCUT2D eigenvalue weighted by molar-refractivity contribution is 6.27. The van der Waals surface area contributed by atoms with Gasteiger partial charge in [0.2, 0.25) is 5.41 Å². The summed E-state index contributed by atoms with van der Waals surface area (Å²) >= 11 is 0. The van der Waals surface area contributed by atoms with E-state index in [0.717, 1.165) is 16.7 Å². The highest BCUT2D eigenvalue weighted by Crippen LogP contribution is 2.53. The first-order valence-electron chi connectivity index (χ1n) is 9.50. The molecule has 28 heavy (non-hydrogen) atoms. The highest BCUT2D eigenvalue weighted by Gasteiger charge is 2.59. The molecule has 4 heteroatoms. The van der Waals surface area contributed by atoms with Crippen molar-refractivity contribution in [3.05, 3.63) is 83.4 Å². The van der Waals surface area contributed by atoms with Crippen molar-refractivity contribution < 1.29 is 19.1 Å². The van der Waals surface area contributed by atoms with Gasteiger partial charge in [-0.25, -0.2) is 0 Å². The van der Waals surface area contributed by atoms with E-state index in [2.05, 4.69) is 0 Å². The first-order valence-corrected chi connectivity index (χ1v) is 9.50. The molecule has 1 aliphatic carbocycles. The molecule has 2 aromatic rings. The zero-order valence-corrected chi connectivity index (χ0v) is 16.4. The van der Waals surface area contributed by atoms with Crippen molar-refractivity contribution in [2.75, 3.05) is 13.2 Å². The van der Waals surface area contributed by atoms with Gasteiger partial charge in [0.15, 0.2) is 0 Å². The van der Waals surface area contributed by atoms with Gasteiger partial charge in [0.1, 0.15) is 0 Å². The second-order valence-electron chi connectivity index (χ2n) is 6.39. The number of ether oxygens (including phenoxy) is 2. The van der Waals surface area contributed by atoms with E-state index in [0.29, 0.717) is 11.1 Å². The van der Waals surface area contributed by atoms with Crippen molar-refractivity contribution >= 4 is 23.1 Å². The molecule has 0 N–H and O–H groups in total. The lowest BCUT2D eigenvalue weighted by Crippen LogP contribution is -2.46. The van der Waals surface area contributed by atoms with Crippen LogP contribution in [0.5, 0.6) is 0 Å². The van der Waals surface area contributed by atoms with Crippen LogP contribution in [0.2, 0.25) is 0 Å². The van der Waals surface area contributed by atoms with Crippen molar-refractivity contribution in [2.45, 2.75) is 26.2 Å². The van der Waals surface area contributed by atoms with E-state index < -0.39 is 17.4 Å². The minimum Gasteiger partial charge on any atom is -0.465 e. The normalized spacial score (nSPS) is 14.8. The van der Waals surface area contributed by atoms with E-state index >= 15 is 0 Å². The molecule has 0 spiro atoms. The number of allylic oxidation sites excluding steroid dienone is 3. The quantitative estimate of drug-likeness (QED) is 0.548. The summed E-state index contributed by atoms with van der Waals surface area (Å²) in [7, 11) is 0. The summed E-state index contributed by atoms with van der Waals surface area (Å²) in [6.45, 7) is 5.71. The second kappa shape index (κ2) is 8.26. The number of esters is 2. The Labute approximate surface area is 165 Å². The monoisotopic (exact) mass is 376 g/mol. The zero-order chi connectivity index (χ0) is 20.1. The van der Waals surface area contributed by atoms with Gasteiger partial charge in [0.25, 0.3) is 0 Å². The fraction of sp³-hybridized carbons (Fsp3) is 0.250. The Kier molecular flexibility index (Phi) is 5.78. The number of hydrogen-bond donors (Lipinski definition) is 0. The Bertz CT molecular complexity index is 920. The molecule has 0 saturated carbocycles. The molecule has 0 saturated heterocycles. The molecule has 0 aliphatic heterocycles. The summed E-state index contributed by atoms with van der Waals surface area (Å²) in [5, 5.41) is 0. The molecule has 0 unspecified atom stereocenters. The summed E-state index contributed by atoms with van der Waals surface area (Å²) in [4.78, 5) is 26.8. The third-order valence-corrected chi connectivity index (χ3v) is 4.82. The lowest BCUT2D eigenvalue weighted by atomic mass is 9.74. The topological polar surface area (TPSA) is 52.6 Å². The predicted octanol–water partition coefficient (Wildman–Crippen LogP) is 4.55. The molecule has 4 nitrogen and oxygen atoms in total. The Balaban J connectivity index is 2.45. The molecule has 2 aromatic carbocycles. The SMILES string of the molecule is C/C=C/C1=C(c2ccccc2)C(C(=O)OCC)(C(=O)OCC)c2ccccc21. The van der Waals surface area contributed by atoms with E-state index in [1.165, 1.54) is 0 Å². The van der Waals surface area contributed by atoms with Crippen LogP contribution in [0.25, 0.3) is 11.1 Å². The van der Waals surface area contributed by atoms with Gasteiger partial charge in [-0.05, 0) is 43.0 Å². The maximum absolute atomic E-state index is 13.4. The van der Waals surface area contributed by atoms with Gasteiger partial charge in [-0.2, -0.15) is 0 Å². The average molecular weight is 376 g/mol. The number of carbonyl (C=O) groups excluding carboxylic acids is 2. The van der Waals surface area contributed by atoms with Gasteiger partial charge >= 0.3 is 11.9 Å². The summed E-state index contributed by atoms with van der Waals surface area (Å²) in [5.74, 6) is -1.22. The molecule has 0 amide bonds. The third-order valence-electron chi connectivity index (χ3n) is 4.82. The molecule has 0 heterocycles. The largest absolute Gasteiger partial charge is 0.465 e. The van der Waals surface area contributed by atoms with E-state index in [1.807, 2.05) is 73.7 Å². The van der Waals surface area contributed by atoms with Gasteiger partial charge in [0, 0.05) is 5.57 Å². The second-order valence-corrected chi connectivity index (χ2v) is 6.39. The molecule has 0 fully saturated rings. The predicted molar refractivity (Wildman–Crippen MR) is 109 cm³/mol. The smallest absolute Gasteiger partial charge is 0.332 e. The summed E-state index contributed by atoms with van der Waals surface area (Å²) in [6, 6.07) is 16.9. The molecule has 1 aliphatic rings. The van der Waals surface area contributed by atoms with Crippen molar-refractivity contribution in [2.24, 2.45) is 0 Å². The van der Waals surface area contributed by atoms with Gasteiger partial charge in [-0.1, -0.05) is 66.7 Å². The molecule has 0 atom stereocenters. The molecule has 0 aromatic heterocycles. The summed E-state index contributed by atoms with van der Waals surface area (Å²) < 4.78 is 10.9. The zero-order valence-electron chi connectivity index (χ0n) is 16.4. The van der Waals surface area contributed by atoms with Gasteiger partial charge in [0.05, 0.1) is 13.2 Å². The van der Waals surface area contributed by atoms with E-state index in [9.17, 15) is 9.59 Å². The van der Waals surface area contributed by atoms with Crippen LogP contribution in [0.3, 0.4) is 0 Å². The van der Waals surface area contributed by atoms with Crippen LogP contribution in [-0.2, 0) is 24.5 Å². The van der Waals surface area contributed by atoms with Crippen molar-refractivity contribution in [3.8, 4) is 0 Å². The summed E-state index contributed by atoms with van der Waals surface area (Å²) in [5.41, 5.74) is 1.99. The van der Waals surface area contributed by atoms with Gasteiger partial charge < -0.3 is 9.47 Å². The third kappa shape index (κ3) is 2.95. The first kappa shape index (κ1) is 19.6. The Morgan fingerprint density at radius 3 is 2.04 bits per heavy atom. The fourth-order valence-corrected chi connectivity index (χ4v) is 3.82. The van der Waals surface area contributed by atoms with E-state index in [4.69, 9.17) is 9.47 Å². The average Bonchev–Trinajstić information content (AvgIpc) is 3.01. The van der Waals surface area contributed by atoms with Crippen LogP contribution in [0.4, 0.5) is 0 Å². The number of rotatable bonds is 6. The van der Waals surface area contributed by atoms with Crippen molar-refractivity contribution in [1.29, 1.82) is 0 Å². The van der Waals surface area contributed by atoms with Crippen LogP contribution in [0.1, 0.15) is 37.5 Å². The minimum absolute atomic E-state index is 0.170. The first-order chi connectivity index (χ1) is 13.6. The lowest BCUT2D eigenvalue weighted by Gasteiger charge is -2.29. The van der Waals surface area contributed by atoms with Crippen molar-refractivity contribution in [3.63, 3.8) is 0 Å². The van der Waals surface area contributed by atoms with Gasteiger partial charge in [-0.15, -0.1) is 0 Å². The van der Waals surface area contributed by atoms with Crippen LogP contribution in [0.15, 0.2) is 66.7 Å². The maximum Gasteiger partial charge on any atom is 0.332 e. The number of carbonyl (C=O) groups is 2. The standard InChI is InChI=1S/C24H24O4/c1-4-12-19-18-15-10-11-16-20(18)24(22(25)27-5-2,23(26)28-6-3)21(19)17-13-8-7-9-14-17/h4,7-16H,5-6H2,1-3H3/b12-4+. The molecular formula is C24H24O4. The Hall–Kier alpha value is -3.14. The Morgan fingerprint density at radius 1 is 0.893 bits per heavy atom. The number of benzene rings is 2. The van der Waals surface area contributed by atoms with Gasteiger partial charge in [-0.3, -0.25) is 9.59 Å². The van der Waals surface area contributed by atoms with Crippen LogP contribution in [0, 0.1) is 0 Å². The maximum atomic E-state index is 13.4. The number of hydrogen-bond acceptors (Lipinski definition) is 4. The highest BCUT2D eigenvalue weighted by atomic mass is 16.6. The van der Waals surface area contributed by atoms with Crippen LogP contribution >= 0.6 is 0 Å². The Morgan fingerprint density at radius 2 is 1.46 bits per heavy atom. The fourth-order valence-electron chi connectivity index (χ4n) is 3.82. The summed E-state index contributed by atoms with van der Waals surface area (Å²) in [6.07, 6.45) is 3.84. The van der Waals surface area contributed by atoms with E-state index in [1.54, 1.807) is 13.8 Å². The lowest BCUT2D eigenvalue weighted by molar-refractivity contribution is -0.161. The van der Waals surface area contributed by atoms with Crippen molar-refractivity contribution in [1.82, 2.24) is 0 Å². The minimum atomic E-state index is -1.65. The molecule has 144 valence electrons. The molecule has 3 rings (SSSR count).